The average Bonchev–Trinajstić information content (AvgIpc) is 2.67. The Morgan fingerprint density at radius 3 is 2.52 bits per heavy atom. The molecule has 0 aliphatic carbocycles. The van der Waals surface area contributed by atoms with Crippen LogP contribution in [0.2, 0.25) is 0 Å². The lowest BCUT2D eigenvalue weighted by atomic mass is 10.1. The van der Waals surface area contributed by atoms with Gasteiger partial charge >= 0.3 is 5.97 Å². The van der Waals surface area contributed by atoms with Crippen molar-refractivity contribution < 1.29 is 19.1 Å². The maximum atomic E-state index is 12.1. The van der Waals surface area contributed by atoms with Crippen LogP contribution in [0, 0.1) is 21.8 Å². The van der Waals surface area contributed by atoms with Gasteiger partial charge < -0.3 is 14.8 Å². The molecule has 0 aliphatic heterocycles. The zero-order chi connectivity index (χ0) is 19.8. The van der Waals surface area contributed by atoms with Gasteiger partial charge in [0.05, 0.1) is 7.11 Å². The maximum Gasteiger partial charge on any atom is 0.349 e. The number of hydrogen-bond donors (Lipinski definition) is 1. The minimum atomic E-state index is -0.859. The van der Waals surface area contributed by atoms with Crippen molar-refractivity contribution in [2.45, 2.75) is 6.92 Å². The summed E-state index contributed by atoms with van der Waals surface area (Å²) in [5, 5.41) is 11.9. The summed E-state index contributed by atoms with van der Waals surface area (Å²) in [4.78, 5) is 24.0. The standard InChI is InChI=1S/C20H17IN2O4/c1-13-9-16(21)5-8-18(13)23-19(24)12-27-20(25)15(11-22)10-14-3-6-17(26-2)7-4-14/h3-10H,12H2,1-2H3,(H,23,24)/b15-10+. The highest BCUT2D eigenvalue weighted by Gasteiger charge is 2.14. The van der Waals surface area contributed by atoms with Crippen LogP contribution in [-0.4, -0.2) is 25.6 Å². The van der Waals surface area contributed by atoms with E-state index in [-0.39, 0.29) is 5.57 Å². The van der Waals surface area contributed by atoms with Crippen LogP contribution in [0.5, 0.6) is 5.75 Å². The SMILES string of the molecule is COc1ccc(/C=C(\C#N)C(=O)OCC(=O)Nc2ccc(I)cc2C)cc1. The molecule has 27 heavy (non-hydrogen) atoms. The lowest BCUT2D eigenvalue weighted by Crippen LogP contribution is -2.21. The van der Waals surface area contributed by atoms with Crippen molar-refractivity contribution in [1.82, 2.24) is 0 Å². The van der Waals surface area contributed by atoms with E-state index in [1.807, 2.05) is 19.1 Å². The van der Waals surface area contributed by atoms with Crippen LogP contribution in [0.1, 0.15) is 11.1 Å². The Morgan fingerprint density at radius 1 is 1.22 bits per heavy atom. The predicted molar refractivity (Wildman–Crippen MR) is 110 cm³/mol. The molecule has 7 heteroatoms. The van der Waals surface area contributed by atoms with E-state index in [0.717, 1.165) is 9.13 Å². The number of carbonyl (C=O) groups excluding carboxylic acids is 2. The molecule has 0 fully saturated rings. The molecular weight excluding hydrogens is 459 g/mol. The van der Waals surface area contributed by atoms with Crippen LogP contribution in [0.25, 0.3) is 6.08 Å². The highest BCUT2D eigenvalue weighted by Crippen LogP contribution is 2.18. The van der Waals surface area contributed by atoms with Crippen LogP contribution in [0.3, 0.4) is 0 Å². The van der Waals surface area contributed by atoms with Crippen molar-refractivity contribution in [1.29, 1.82) is 5.26 Å². The molecule has 0 aromatic heterocycles. The number of esters is 1. The number of nitrogens with one attached hydrogen (secondary N) is 1. The van der Waals surface area contributed by atoms with Gasteiger partial charge in [-0.2, -0.15) is 5.26 Å². The van der Waals surface area contributed by atoms with Gasteiger partial charge in [-0.05, 0) is 77.0 Å². The Morgan fingerprint density at radius 2 is 1.93 bits per heavy atom. The lowest BCUT2D eigenvalue weighted by Gasteiger charge is -2.09. The first kappa shape index (κ1) is 20.5. The molecule has 138 valence electrons. The second-order valence-electron chi connectivity index (χ2n) is 5.53. The van der Waals surface area contributed by atoms with Gasteiger partial charge in [-0.25, -0.2) is 4.79 Å². The molecular formula is C20H17IN2O4. The van der Waals surface area contributed by atoms with Crippen molar-refractivity contribution >= 4 is 46.2 Å². The van der Waals surface area contributed by atoms with E-state index in [4.69, 9.17) is 9.47 Å². The minimum Gasteiger partial charge on any atom is -0.497 e. The molecule has 0 saturated carbocycles. The third-order valence-corrected chi connectivity index (χ3v) is 4.24. The van der Waals surface area contributed by atoms with Crippen LogP contribution >= 0.6 is 22.6 Å². The molecule has 1 amide bonds. The Balaban J connectivity index is 1.96. The van der Waals surface area contributed by atoms with Crippen molar-refractivity contribution in [2.24, 2.45) is 0 Å². The Bertz CT molecular complexity index is 915. The van der Waals surface area contributed by atoms with Crippen LogP contribution < -0.4 is 10.1 Å². The zero-order valence-electron chi connectivity index (χ0n) is 14.8. The summed E-state index contributed by atoms with van der Waals surface area (Å²) in [7, 11) is 1.55. The van der Waals surface area contributed by atoms with Gasteiger partial charge in [-0.1, -0.05) is 12.1 Å². The Hall–Kier alpha value is -2.86. The first-order chi connectivity index (χ1) is 12.9. The van der Waals surface area contributed by atoms with Gasteiger partial charge in [0.25, 0.3) is 5.91 Å². The van der Waals surface area contributed by atoms with Gasteiger partial charge in [0.2, 0.25) is 0 Å². The number of nitrogens with zero attached hydrogens (tertiary/aromatic N) is 1. The fraction of sp³-hybridized carbons (Fsp3) is 0.150. The second kappa shape index (κ2) is 9.73. The molecule has 2 aromatic rings. The van der Waals surface area contributed by atoms with Crippen LogP contribution in [0.15, 0.2) is 48.0 Å². The number of ether oxygens (including phenoxy) is 2. The third kappa shape index (κ3) is 6.11. The molecule has 0 saturated heterocycles. The fourth-order valence-electron chi connectivity index (χ4n) is 2.17. The monoisotopic (exact) mass is 476 g/mol. The lowest BCUT2D eigenvalue weighted by molar-refractivity contribution is -0.142. The first-order valence-electron chi connectivity index (χ1n) is 7.92. The number of nitriles is 1. The fourth-order valence-corrected chi connectivity index (χ4v) is 2.81. The van der Waals surface area contributed by atoms with Crippen molar-refractivity contribution in [3.63, 3.8) is 0 Å². The number of methoxy groups -OCH3 is 1. The molecule has 1 N–H and O–H groups in total. The van der Waals surface area contributed by atoms with E-state index in [9.17, 15) is 14.9 Å². The largest absolute Gasteiger partial charge is 0.497 e. The Labute approximate surface area is 170 Å². The van der Waals surface area contributed by atoms with E-state index in [2.05, 4.69) is 27.9 Å². The quantitative estimate of drug-likeness (QED) is 0.298. The number of hydrogen-bond acceptors (Lipinski definition) is 5. The van der Waals surface area contributed by atoms with E-state index < -0.39 is 18.5 Å². The van der Waals surface area contributed by atoms with Crippen molar-refractivity contribution in [3.8, 4) is 11.8 Å². The molecule has 2 rings (SSSR count). The second-order valence-corrected chi connectivity index (χ2v) is 6.77. The number of halogens is 1. The number of rotatable bonds is 6. The van der Waals surface area contributed by atoms with Gasteiger partial charge in [0, 0.05) is 9.26 Å². The average molecular weight is 476 g/mol. The summed E-state index contributed by atoms with van der Waals surface area (Å²) in [5.41, 5.74) is 1.99. The minimum absolute atomic E-state index is 0.196. The molecule has 0 atom stereocenters. The number of carbonyl (C=O) groups is 2. The van der Waals surface area contributed by atoms with Crippen molar-refractivity contribution in [3.05, 3.63) is 62.7 Å². The maximum absolute atomic E-state index is 12.1. The van der Waals surface area contributed by atoms with Gasteiger partial charge in [-0.15, -0.1) is 0 Å². The molecule has 0 aliphatic rings. The van der Waals surface area contributed by atoms with Crippen LogP contribution in [-0.2, 0) is 14.3 Å². The van der Waals surface area contributed by atoms with Gasteiger partial charge in [0.1, 0.15) is 17.4 Å². The molecule has 0 unspecified atom stereocenters. The number of amides is 1. The van der Waals surface area contributed by atoms with E-state index in [1.54, 1.807) is 43.5 Å². The molecule has 0 heterocycles. The highest BCUT2D eigenvalue weighted by atomic mass is 127. The summed E-state index contributed by atoms with van der Waals surface area (Å²) >= 11 is 2.18. The smallest absolute Gasteiger partial charge is 0.349 e. The molecule has 2 aromatic carbocycles. The normalized spacial score (nSPS) is 10.7. The molecule has 0 bridgehead atoms. The first-order valence-corrected chi connectivity index (χ1v) is 9.00. The van der Waals surface area contributed by atoms with E-state index in [0.29, 0.717) is 17.0 Å². The van der Waals surface area contributed by atoms with Gasteiger partial charge in [0.15, 0.2) is 6.61 Å². The third-order valence-electron chi connectivity index (χ3n) is 3.56. The van der Waals surface area contributed by atoms with E-state index in [1.165, 1.54) is 6.08 Å². The predicted octanol–water partition coefficient (Wildman–Crippen LogP) is 3.70. The number of benzene rings is 2. The van der Waals surface area contributed by atoms with Gasteiger partial charge in [-0.3, -0.25) is 4.79 Å². The van der Waals surface area contributed by atoms with Crippen LogP contribution in [0.4, 0.5) is 5.69 Å². The molecule has 0 radical (unpaired) electrons. The molecule has 0 spiro atoms. The summed E-state index contributed by atoms with van der Waals surface area (Å²) in [6.07, 6.45) is 1.39. The summed E-state index contributed by atoms with van der Waals surface area (Å²) in [6, 6.07) is 14.2. The van der Waals surface area contributed by atoms with E-state index >= 15 is 0 Å². The highest BCUT2D eigenvalue weighted by molar-refractivity contribution is 14.1. The molecule has 6 nitrogen and oxygen atoms in total. The zero-order valence-corrected chi connectivity index (χ0v) is 16.9. The Kier molecular flexibility index (Phi) is 7.37. The summed E-state index contributed by atoms with van der Waals surface area (Å²) in [5.74, 6) is -0.673. The van der Waals surface area contributed by atoms with Crippen molar-refractivity contribution in [2.75, 3.05) is 19.0 Å². The topological polar surface area (TPSA) is 88.4 Å². The number of anilines is 1. The summed E-state index contributed by atoms with van der Waals surface area (Å²) in [6.45, 7) is 1.39. The summed E-state index contributed by atoms with van der Waals surface area (Å²) < 4.78 is 11.0. The number of aryl methyl sites for hydroxylation is 1.